The number of hydrogen-bond acceptors (Lipinski definition) is 2. The molecule has 84 valence electrons. The average Bonchev–Trinajstić information content (AvgIpc) is 2.39. The highest BCUT2D eigenvalue weighted by atomic mass is 16.5. The fraction of sp³-hybridized carbons (Fsp3) is 0.133. The van der Waals surface area contributed by atoms with E-state index in [9.17, 15) is 0 Å². The van der Waals surface area contributed by atoms with Crippen molar-refractivity contribution in [1.82, 2.24) is 0 Å². The molecule has 2 aromatic rings. The third-order valence-corrected chi connectivity index (χ3v) is 2.53. The van der Waals surface area contributed by atoms with Crippen LogP contribution >= 0.6 is 0 Å². The van der Waals surface area contributed by atoms with Crippen LogP contribution in [0.4, 0.5) is 0 Å². The van der Waals surface area contributed by atoms with E-state index in [2.05, 4.69) is 6.07 Å². The van der Waals surface area contributed by atoms with Gasteiger partial charge in [0.15, 0.2) is 0 Å². The molecule has 0 aliphatic carbocycles. The fourth-order valence-corrected chi connectivity index (χ4v) is 1.55. The second-order valence-corrected chi connectivity index (χ2v) is 3.84. The van der Waals surface area contributed by atoms with Gasteiger partial charge in [-0.05, 0) is 36.8 Å². The van der Waals surface area contributed by atoms with Crippen molar-refractivity contribution < 1.29 is 4.74 Å². The van der Waals surface area contributed by atoms with Crippen LogP contribution in [0.5, 0.6) is 11.5 Å². The van der Waals surface area contributed by atoms with E-state index in [4.69, 9.17) is 10.00 Å². The molecule has 0 saturated heterocycles. The molecule has 2 rings (SSSR count). The number of rotatable bonds is 3. The van der Waals surface area contributed by atoms with E-state index in [1.165, 1.54) is 0 Å². The van der Waals surface area contributed by atoms with Crippen molar-refractivity contribution in [2.24, 2.45) is 0 Å². The van der Waals surface area contributed by atoms with Crippen molar-refractivity contribution in [3.63, 3.8) is 0 Å². The van der Waals surface area contributed by atoms with Crippen molar-refractivity contribution in [2.75, 3.05) is 0 Å². The van der Waals surface area contributed by atoms with Gasteiger partial charge in [0.25, 0.3) is 0 Å². The van der Waals surface area contributed by atoms with Gasteiger partial charge in [0.1, 0.15) is 11.5 Å². The van der Waals surface area contributed by atoms with Crippen LogP contribution < -0.4 is 4.74 Å². The van der Waals surface area contributed by atoms with Crippen LogP contribution in [-0.2, 0) is 0 Å². The lowest BCUT2D eigenvalue weighted by Crippen LogP contribution is -1.90. The van der Waals surface area contributed by atoms with Gasteiger partial charge in [0, 0.05) is 0 Å². The van der Waals surface area contributed by atoms with Crippen LogP contribution in [0, 0.1) is 11.3 Å². The summed E-state index contributed by atoms with van der Waals surface area (Å²) in [5, 5.41) is 8.88. The van der Waals surface area contributed by atoms with E-state index in [0.717, 1.165) is 17.1 Å². The quantitative estimate of drug-likeness (QED) is 0.784. The van der Waals surface area contributed by atoms with Crippen LogP contribution in [0.15, 0.2) is 54.6 Å². The highest BCUT2D eigenvalue weighted by Crippen LogP contribution is 2.24. The molecule has 0 saturated carbocycles. The van der Waals surface area contributed by atoms with Crippen LogP contribution in [0.1, 0.15) is 18.4 Å². The summed E-state index contributed by atoms with van der Waals surface area (Å²) in [6.45, 7) is 1.88. The summed E-state index contributed by atoms with van der Waals surface area (Å²) in [5.41, 5.74) is 0.973. The van der Waals surface area contributed by atoms with Gasteiger partial charge in [-0.1, -0.05) is 30.3 Å². The molecular formula is C15H13NO. The Kier molecular flexibility index (Phi) is 3.42. The molecular weight excluding hydrogens is 210 g/mol. The van der Waals surface area contributed by atoms with Crippen molar-refractivity contribution in [3.8, 4) is 17.6 Å². The lowest BCUT2D eigenvalue weighted by atomic mass is 10.0. The standard InChI is InChI=1S/C15H13NO/c1-12(11-16)13-6-5-9-15(10-13)17-14-7-3-2-4-8-14/h2-10,12H,1H3/t12-/m1/s1. The third-order valence-electron chi connectivity index (χ3n) is 2.53. The van der Waals surface area contributed by atoms with Crippen molar-refractivity contribution in [3.05, 3.63) is 60.2 Å². The molecule has 0 aromatic heterocycles. The average molecular weight is 223 g/mol. The Morgan fingerprint density at radius 2 is 1.71 bits per heavy atom. The Labute approximate surface area is 101 Å². The Bertz CT molecular complexity index is 528. The number of ether oxygens (including phenoxy) is 1. The molecule has 0 unspecified atom stereocenters. The molecule has 1 atom stereocenters. The van der Waals surface area contributed by atoms with E-state index >= 15 is 0 Å². The van der Waals surface area contributed by atoms with E-state index < -0.39 is 0 Å². The van der Waals surface area contributed by atoms with Crippen molar-refractivity contribution in [2.45, 2.75) is 12.8 Å². The number of benzene rings is 2. The maximum Gasteiger partial charge on any atom is 0.127 e. The minimum absolute atomic E-state index is 0.116. The normalized spacial score (nSPS) is 11.5. The number of nitrogens with zero attached hydrogens (tertiary/aromatic N) is 1. The molecule has 0 spiro atoms. The molecule has 0 N–H and O–H groups in total. The first-order valence-electron chi connectivity index (χ1n) is 5.52. The van der Waals surface area contributed by atoms with Gasteiger partial charge in [0.05, 0.1) is 12.0 Å². The van der Waals surface area contributed by atoms with Gasteiger partial charge in [0.2, 0.25) is 0 Å². The largest absolute Gasteiger partial charge is 0.457 e. The Morgan fingerprint density at radius 3 is 2.41 bits per heavy atom. The predicted octanol–water partition coefficient (Wildman–Crippen LogP) is 4.11. The summed E-state index contributed by atoms with van der Waals surface area (Å²) in [6, 6.07) is 19.5. The molecule has 2 nitrogen and oxygen atoms in total. The van der Waals surface area contributed by atoms with Gasteiger partial charge < -0.3 is 4.74 Å². The fourth-order valence-electron chi connectivity index (χ4n) is 1.55. The molecule has 0 heterocycles. The van der Waals surface area contributed by atoms with Crippen molar-refractivity contribution in [1.29, 1.82) is 5.26 Å². The monoisotopic (exact) mass is 223 g/mol. The lowest BCUT2D eigenvalue weighted by molar-refractivity contribution is 0.482. The van der Waals surface area contributed by atoms with Gasteiger partial charge in [-0.3, -0.25) is 0 Å². The van der Waals surface area contributed by atoms with E-state index in [1.54, 1.807) is 0 Å². The molecule has 2 heteroatoms. The van der Waals surface area contributed by atoms with Gasteiger partial charge in [-0.2, -0.15) is 5.26 Å². The second-order valence-electron chi connectivity index (χ2n) is 3.84. The molecule has 17 heavy (non-hydrogen) atoms. The summed E-state index contributed by atoms with van der Waals surface area (Å²) in [5.74, 6) is 1.44. The molecule has 0 amide bonds. The minimum Gasteiger partial charge on any atom is -0.457 e. The number of nitriles is 1. The summed E-state index contributed by atoms with van der Waals surface area (Å²) in [7, 11) is 0. The third kappa shape index (κ3) is 2.85. The van der Waals surface area contributed by atoms with Gasteiger partial charge in [-0.15, -0.1) is 0 Å². The van der Waals surface area contributed by atoms with Crippen LogP contribution in [0.2, 0.25) is 0 Å². The maximum absolute atomic E-state index is 8.88. The molecule has 0 aliphatic heterocycles. The van der Waals surface area contributed by atoms with Crippen LogP contribution in [0.25, 0.3) is 0 Å². The second kappa shape index (κ2) is 5.18. The first kappa shape index (κ1) is 11.2. The minimum atomic E-state index is -0.116. The van der Waals surface area contributed by atoms with E-state index in [1.807, 2.05) is 61.5 Å². The highest BCUT2D eigenvalue weighted by Gasteiger charge is 2.05. The molecule has 0 bridgehead atoms. The number of hydrogen-bond donors (Lipinski definition) is 0. The van der Waals surface area contributed by atoms with Gasteiger partial charge in [-0.25, -0.2) is 0 Å². The number of para-hydroxylation sites is 1. The first-order chi connectivity index (χ1) is 8.29. The van der Waals surface area contributed by atoms with E-state index in [0.29, 0.717) is 0 Å². The highest BCUT2D eigenvalue weighted by molar-refractivity contribution is 5.36. The predicted molar refractivity (Wildman–Crippen MR) is 67.0 cm³/mol. The zero-order valence-corrected chi connectivity index (χ0v) is 9.63. The summed E-state index contributed by atoms with van der Waals surface area (Å²) in [4.78, 5) is 0. The van der Waals surface area contributed by atoms with Crippen LogP contribution in [-0.4, -0.2) is 0 Å². The Morgan fingerprint density at radius 1 is 1.00 bits per heavy atom. The molecule has 0 aliphatic rings. The van der Waals surface area contributed by atoms with E-state index in [-0.39, 0.29) is 5.92 Å². The zero-order valence-electron chi connectivity index (χ0n) is 9.63. The Hall–Kier alpha value is -2.27. The smallest absolute Gasteiger partial charge is 0.127 e. The molecule has 2 aromatic carbocycles. The van der Waals surface area contributed by atoms with Gasteiger partial charge >= 0.3 is 0 Å². The van der Waals surface area contributed by atoms with Crippen LogP contribution in [0.3, 0.4) is 0 Å². The summed E-state index contributed by atoms with van der Waals surface area (Å²) >= 11 is 0. The lowest BCUT2D eigenvalue weighted by Gasteiger charge is -2.08. The molecule has 0 radical (unpaired) electrons. The summed E-state index contributed by atoms with van der Waals surface area (Å²) < 4.78 is 5.70. The zero-order chi connectivity index (χ0) is 12.1. The molecule has 0 fully saturated rings. The Balaban J connectivity index is 2.20. The maximum atomic E-state index is 8.88. The SMILES string of the molecule is C[C@H](C#N)c1cccc(Oc2ccccc2)c1. The first-order valence-corrected chi connectivity index (χ1v) is 5.52. The topological polar surface area (TPSA) is 33.0 Å². The van der Waals surface area contributed by atoms with Crippen molar-refractivity contribution >= 4 is 0 Å². The summed E-state index contributed by atoms with van der Waals surface area (Å²) in [6.07, 6.45) is 0.